The van der Waals surface area contributed by atoms with E-state index in [0.717, 1.165) is 11.3 Å². The molecule has 1 heterocycles. The minimum absolute atomic E-state index is 0.0490. The van der Waals surface area contributed by atoms with Crippen molar-refractivity contribution in [3.05, 3.63) is 29.8 Å². The lowest BCUT2D eigenvalue weighted by molar-refractivity contribution is -0.156. The summed E-state index contributed by atoms with van der Waals surface area (Å²) in [5.74, 6) is -0.806. The van der Waals surface area contributed by atoms with E-state index in [0.29, 0.717) is 0 Å². The van der Waals surface area contributed by atoms with Gasteiger partial charge in [-0.15, -0.1) is 0 Å². The summed E-state index contributed by atoms with van der Waals surface area (Å²) in [6.07, 6.45) is 0.0947. The minimum Gasteiger partial charge on any atom is -0.460 e. The Balaban J connectivity index is 2.18. The van der Waals surface area contributed by atoms with Gasteiger partial charge in [0, 0.05) is 12.7 Å². The summed E-state index contributed by atoms with van der Waals surface area (Å²) in [5, 5.41) is 0. The number of amides is 1. The highest BCUT2D eigenvalue weighted by molar-refractivity contribution is 6.06. The number of carbonyl (C=O) groups is 2. The number of hydrogen-bond acceptors (Lipinski definition) is 3. The van der Waals surface area contributed by atoms with Crippen LogP contribution in [0.1, 0.15) is 38.7 Å². The van der Waals surface area contributed by atoms with Crippen molar-refractivity contribution >= 4 is 17.6 Å². The highest BCUT2D eigenvalue weighted by Gasteiger charge is 2.37. The molecule has 0 aliphatic carbocycles. The van der Waals surface area contributed by atoms with Crippen LogP contribution in [-0.2, 0) is 14.3 Å². The zero-order chi connectivity index (χ0) is 14.2. The van der Waals surface area contributed by atoms with Crippen LogP contribution in [0.2, 0.25) is 0 Å². The summed E-state index contributed by atoms with van der Waals surface area (Å²) in [6, 6.07) is 7.56. The van der Waals surface area contributed by atoms with E-state index in [1.807, 2.05) is 45.0 Å². The topological polar surface area (TPSA) is 46.6 Å². The SMILES string of the molecule is CN1C(=O)C(CC(=O)OC(C)(C)C)c2ccccc21. The molecular formula is C15H19NO3. The van der Waals surface area contributed by atoms with Crippen LogP contribution in [0.3, 0.4) is 0 Å². The summed E-state index contributed by atoms with van der Waals surface area (Å²) >= 11 is 0. The summed E-state index contributed by atoms with van der Waals surface area (Å²) in [6.45, 7) is 5.46. The Kier molecular flexibility index (Phi) is 3.35. The van der Waals surface area contributed by atoms with Gasteiger partial charge in [0.25, 0.3) is 0 Å². The van der Waals surface area contributed by atoms with Crippen LogP contribution in [0.4, 0.5) is 5.69 Å². The number of anilines is 1. The van der Waals surface area contributed by atoms with E-state index in [9.17, 15) is 9.59 Å². The van der Waals surface area contributed by atoms with Crippen LogP contribution in [0.5, 0.6) is 0 Å². The number of para-hydroxylation sites is 1. The molecule has 1 aliphatic heterocycles. The first-order chi connectivity index (χ1) is 8.79. The average molecular weight is 261 g/mol. The number of carbonyl (C=O) groups excluding carboxylic acids is 2. The number of ether oxygens (including phenoxy) is 1. The summed E-state index contributed by atoms with van der Waals surface area (Å²) in [4.78, 5) is 25.7. The molecule has 0 N–H and O–H groups in total. The lowest BCUT2D eigenvalue weighted by Crippen LogP contribution is -2.28. The molecule has 0 spiro atoms. The lowest BCUT2D eigenvalue weighted by Gasteiger charge is -2.20. The first-order valence-electron chi connectivity index (χ1n) is 6.38. The second-order valence-electron chi connectivity index (χ2n) is 5.80. The predicted molar refractivity (Wildman–Crippen MR) is 73.1 cm³/mol. The Morgan fingerprint density at radius 3 is 2.58 bits per heavy atom. The normalized spacial score (nSPS) is 18.4. The van der Waals surface area contributed by atoms with Gasteiger partial charge in [-0.3, -0.25) is 9.59 Å². The molecule has 4 nitrogen and oxygen atoms in total. The number of fused-ring (bicyclic) bond motifs is 1. The number of benzene rings is 1. The number of nitrogens with zero attached hydrogens (tertiary/aromatic N) is 1. The predicted octanol–water partition coefficient (Wildman–Crippen LogP) is 2.48. The maximum Gasteiger partial charge on any atom is 0.307 e. The van der Waals surface area contributed by atoms with E-state index in [-0.39, 0.29) is 18.3 Å². The van der Waals surface area contributed by atoms with E-state index in [1.165, 1.54) is 0 Å². The van der Waals surface area contributed by atoms with E-state index in [4.69, 9.17) is 4.74 Å². The summed E-state index contributed by atoms with van der Waals surface area (Å²) < 4.78 is 5.29. The molecule has 0 saturated carbocycles. The Bertz CT molecular complexity index is 516. The fraction of sp³-hybridized carbons (Fsp3) is 0.467. The van der Waals surface area contributed by atoms with Crippen molar-refractivity contribution < 1.29 is 14.3 Å². The number of esters is 1. The van der Waals surface area contributed by atoms with Gasteiger partial charge in [-0.25, -0.2) is 0 Å². The van der Waals surface area contributed by atoms with Crippen molar-refractivity contribution in [1.82, 2.24) is 0 Å². The zero-order valence-electron chi connectivity index (χ0n) is 11.8. The third-order valence-electron chi connectivity index (χ3n) is 3.09. The summed E-state index contributed by atoms with van der Waals surface area (Å²) in [7, 11) is 1.73. The molecule has 19 heavy (non-hydrogen) atoms. The zero-order valence-corrected chi connectivity index (χ0v) is 11.8. The van der Waals surface area contributed by atoms with Gasteiger partial charge in [-0.2, -0.15) is 0 Å². The van der Waals surface area contributed by atoms with Gasteiger partial charge in [-0.05, 0) is 32.4 Å². The third-order valence-corrected chi connectivity index (χ3v) is 3.09. The molecule has 102 valence electrons. The Labute approximate surface area is 113 Å². The molecule has 1 amide bonds. The maximum atomic E-state index is 12.2. The second kappa shape index (κ2) is 4.68. The molecule has 4 heteroatoms. The molecule has 1 aromatic rings. The van der Waals surface area contributed by atoms with Gasteiger partial charge in [0.05, 0.1) is 12.3 Å². The number of rotatable bonds is 2. The number of hydrogen-bond donors (Lipinski definition) is 0. The summed E-state index contributed by atoms with van der Waals surface area (Å²) in [5.41, 5.74) is 1.26. The molecule has 0 radical (unpaired) electrons. The highest BCUT2D eigenvalue weighted by Crippen LogP contribution is 2.38. The van der Waals surface area contributed by atoms with E-state index < -0.39 is 11.5 Å². The molecule has 0 saturated heterocycles. The molecule has 1 aromatic carbocycles. The fourth-order valence-electron chi connectivity index (χ4n) is 2.32. The van der Waals surface area contributed by atoms with Crippen molar-refractivity contribution in [2.24, 2.45) is 0 Å². The second-order valence-corrected chi connectivity index (χ2v) is 5.80. The first-order valence-corrected chi connectivity index (χ1v) is 6.38. The smallest absolute Gasteiger partial charge is 0.307 e. The quantitative estimate of drug-likeness (QED) is 0.768. The van der Waals surface area contributed by atoms with E-state index in [2.05, 4.69) is 0 Å². The first kappa shape index (κ1) is 13.6. The molecule has 0 aromatic heterocycles. The minimum atomic E-state index is -0.524. The molecular weight excluding hydrogens is 242 g/mol. The maximum absolute atomic E-state index is 12.2. The van der Waals surface area contributed by atoms with Gasteiger partial charge in [-0.1, -0.05) is 18.2 Å². The highest BCUT2D eigenvalue weighted by atomic mass is 16.6. The lowest BCUT2D eigenvalue weighted by atomic mass is 9.97. The monoisotopic (exact) mass is 261 g/mol. The van der Waals surface area contributed by atoms with Gasteiger partial charge in [0.1, 0.15) is 5.60 Å². The number of likely N-dealkylation sites (N-methyl/N-ethyl adjacent to an activating group) is 1. The van der Waals surface area contributed by atoms with Crippen molar-refractivity contribution in [3.8, 4) is 0 Å². The largest absolute Gasteiger partial charge is 0.460 e. The van der Waals surface area contributed by atoms with E-state index in [1.54, 1.807) is 11.9 Å². The molecule has 1 unspecified atom stereocenters. The van der Waals surface area contributed by atoms with Gasteiger partial charge >= 0.3 is 5.97 Å². The van der Waals surface area contributed by atoms with Crippen LogP contribution in [0.15, 0.2) is 24.3 Å². The van der Waals surface area contributed by atoms with Crippen LogP contribution >= 0.6 is 0 Å². The van der Waals surface area contributed by atoms with Crippen molar-refractivity contribution in [2.45, 2.75) is 38.7 Å². The molecule has 2 rings (SSSR count). The fourth-order valence-corrected chi connectivity index (χ4v) is 2.32. The van der Waals surface area contributed by atoms with Gasteiger partial charge in [0.2, 0.25) is 5.91 Å². The Hall–Kier alpha value is -1.84. The Morgan fingerprint density at radius 1 is 1.32 bits per heavy atom. The van der Waals surface area contributed by atoms with Crippen LogP contribution in [0.25, 0.3) is 0 Å². The van der Waals surface area contributed by atoms with Crippen molar-refractivity contribution in [1.29, 1.82) is 0 Å². The van der Waals surface area contributed by atoms with Crippen molar-refractivity contribution in [2.75, 3.05) is 11.9 Å². The van der Waals surface area contributed by atoms with Crippen LogP contribution in [-0.4, -0.2) is 24.5 Å². The standard InChI is InChI=1S/C15H19NO3/c1-15(2,3)19-13(17)9-11-10-7-5-6-8-12(10)16(4)14(11)18/h5-8,11H,9H2,1-4H3. The third kappa shape index (κ3) is 2.78. The molecule has 0 bridgehead atoms. The molecule has 1 aliphatic rings. The Morgan fingerprint density at radius 2 is 1.95 bits per heavy atom. The molecule has 0 fully saturated rings. The van der Waals surface area contributed by atoms with Gasteiger partial charge in [0.15, 0.2) is 0 Å². The van der Waals surface area contributed by atoms with Gasteiger partial charge < -0.3 is 9.64 Å². The van der Waals surface area contributed by atoms with Crippen LogP contribution < -0.4 is 4.90 Å². The van der Waals surface area contributed by atoms with Crippen molar-refractivity contribution in [3.63, 3.8) is 0 Å². The molecule has 1 atom stereocenters. The average Bonchev–Trinajstić information content (AvgIpc) is 2.53. The van der Waals surface area contributed by atoms with E-state index >= 15 is 0 Å². The van der Waals surface area contributed by atoms with Crippen LogP contribution in [0, 0.1) is 0 Å².